The fourth-order valence-corrected chi connectivity index (χ4v) is 6.78. The predicted octanol–water partition coefficient (Wildman–Crippen LogP) is 3.67. The lowest BCUT2D eigenvalue weighted by Crippen LogP contribution is -2.51. The number of rotatable bonds is 13. The fourth-order valence-electron chi connectivity index (χ4n) is 6.22. The summed E-state index contributed by atoms with van der Waals surface area (Å²) in [5.41, 5.74) is 1.69. The minimum atomic E-state index is -5.00. The van der Waals surface area contributed by atoms with E-state index < -0.39 is 38.5 Å². The average molecular weight is 635 g/mol. The molecule has 14 heteroatoms. The molecule has 240 valence electrons. The Bertz CT molecular complexity index is 1310. The Morgan fingerprint density at radius 3 is 2.61 bits per heavy atom. The Balaban J connectivity index is 1.23. The summed E-state index contributed by atoms with van der Waals surface area (Å²) in [6.07, 6.45) is 1.90. The molecule has 0 bridgehead atoms. The number of hydrogen-bond donors (Lipinski definition) is 3. The number of benzene rings is 2. The van der Waals surface area contributed by atoms with Gasteiger partial charge >= 0.3 is 13.9 Å². The monoisotopic (exact) mass is 634 g/mol. The van der Waals surface area contributed by atoms with E-state index in [4.69, 9.17) is 33.0 Å². The van der Waals surface area contributed by atoms with Gasteiger partial charge in [-0.15, -0.1) is 0 Å². The third kappa shape index (κ3) is 8.29. The number of nitrogens with one attached hydrogen (secondary N) is 1. The van der Waals surface area contributed by atoms with Crippen molar-refractivity contribution in [3.05, 3.63) is 59.7 Å². The standard InChI is InChI=1S/C30H39N2O11P/c33-30(41-28-18-38-29-23(28)12-13-37-29)31-24(14-20-6-2-1-3-7-20)27(43-44(34,35)36)17-32(42-22-8-4-5-9-22)16-21-10-11-25-26(15-21)40-19-39-25/h1-3,6-7,10-11,15,22-24,27-29H,4-5,8-9,12-14,16-19H2,(H,31,33)(H2,34,35,36). The van der Waals surface area contributed by atoms with Crippen molar-refractivity contribution in [1.82, 2.24) is 10.4 Å². The van der Waals surface area contributed by atoms with E-state index in [2.05, 4.69) is 5.32 Å². The SMILES string of the molecule is O=C(NC(Cc1ccccc1)C(CN(Cc1ccc2c(c1)OCO2)OC1CCCC1)OP(=O)(O)O)OC1COC2OCCC12. The van der Waals surface area contributed by atoms with Gasteiger partial charge in [0, 0.05) is 6.54 Å². The van der Waals surface area contributed by atoms with Crippen molar-refractivity contribution in [3.8, 4) is 11.5 Å². The van der Waals surface area contributed by atoms with Crippen LogP contribution in [-0.4, -0.2) is 78.1 Å². The van der Waals surface area contributed by atoms with Gasteiger partial charge in [-0.05, 0) is 48.9 Å². The van der Waals surface area contributed by atoms with E-state index in [9.17, 15) is 19.1 Å². The van der Waals surface area contributed by atoms with Crippen molar-refractivity contribution >= 4 is 13.9 Å². The second kappa shape index (κ2) is 14.1. The van der Waals surface area contributed by atoms with Gasteiger partial charge in [-0.1, -0.05) is 49.2 Å². The van der Waals surface area contributed by atoms with Gasteiger partial charge in [0.2, 0.25) is 6.79 Å². The number of hydrogen-bond acceptors (Lipinski definition) is 10. The summed E-state index contributed by atoms with van der Waals surface area (Å²) in [5, 5.41) is 4.50. The quantitative estimate of drug-likeness (QED) is 0.218. The maximum absolute atomic E-state index is 13.3. The zero-order chi connectivity index (χ0) is 30.5. The number of fused-ring (bicyclic) bond motifs is 2. The number of hydroxylamine groups is 2. The van der Waals surface area contributed by atoms with Crippen LogP contribution in [0.3, 0.4) is 0 Å². The molecular weight excluding hydrogens is 595 g/mol. The first-order chi connectivity index (χ1) is 21.3. The predicted molar refractivity (Wildman–Crippen MR) is 154 cm³/mol. The summed E-state index contributed by atoms with van der Waals surface area (Å²) in [6.45, 7) is 1.11. The highest BCUT2D eigenvalue weighted by Gasteiger charge is 2.44. The molecule has 1 saturated carbocycles. The summed E-state index contributed by atoms with van der Waals surface area (Å²) in [7, 11) is -5.00. The molecule has 1 amide bonds. The van der Waals surface area contributed by atoms with E-state index in [1.807, 2.05) is 48.5 Å². The number of nitrogens with zero attached hydrogens (tertiary/aromatic N) is 1. The largest absolute Gasteiger partial charge is 0.469 e. The second-order valence-corrected chi connectivity index (χ2v) is 12.8. The molecule has 2 aromatic carbocycles. The molecule has 44 heavy (non-hydrogen) atoms. The summed E-state index contributed by atoms with van der Waals surface area (Å²) >= 11 is 0. The number of phosphoric acid groups is 1. The normalized spacial score (nSPS) is 24.4. The van der Waals surface area contributed by atoms with Crippen LogP contribution in [0.25, 0.3) is 0 Å². The molecule has 3 heterocycles. The lowest BCUT2D eigenvalue weighted by atomic mass is 10.0. The fraction of sp³-hybridized carbons (Fsp3) is 0.567. The highest BCUT2D eigenvalue weighted by atomic mass is 31.2. The number of ether oxygens (including phenoxy) is 5. The van der Waals surface area contributed by atoms with Crippen molar-refractivity contribution in [1.29, 1.82) is 0 Å². The Hall–Kier alpha value is -2.74. The molecule has 3 N–H and O–H groups in total. The van der Waals surface area contributed by atoms with E-state index in [-0.39, 0.29) is 44.9 Å². The van der Waals surface area contributed by atoms with Gasteiger partial charge < -0.3 is 38.8 Å². The average Bonchev–Trinajstić information content (AvgIpc) is 3.79. The van der Waals surface area contributed by atoms with E-state index in [1.165, 1.54) is 0 Å². The van der Waals surface area contributed by atoms with Crippen LogP contribution in [0.15, 0.2) is 48.5 Å². The van der Waals surface area contributed by atoms with Crippen LogP contribution in [0.2, 0.25) is 0 Å². The van der Waals surface area contributed by atoms with Crippen molar-refractivity contribution in [2.75, 3.05) is 26.6 Å². The van der Waals surface area contributed by atoms with Gasteiger partial charge in [0.05, 0.1) is 37.8 Å². The Labute approximate surface area is 255 Å². The lowest BCUT2D eigenvalue weighted by molar-refractivity contribution is -0.213. The maximum atomic E-state index is 13.3. The molecule has 2 aromatic rings. The number of phosphoric ester groups is 1. The van der Waals surface area contributed by atoms with Crippen molar-refractivity contribution < 1.29 is 52.2 Å². The minimum Gasteiger partial charge on any atom is -0.454 e. The topological polar surface area (TPSA) is 154 Å². The van der Waals surface area contributed by atoms with E-state index in [0.717, 1.165) is 36.8 Å². The van der Waals surface area contributed by atoms with Gasteiger partial charge in [0.15, 0.2) is 17.8 Å². The summed E-state index contributed by atoms with van der Waals surface area (Å²) < 4.78 is 45.6. The Morgan fingerprint density at radius 1 is 1.02 bits per heavy atom. The Kier molecular flexibility index (Phi) is 10.0. The smallest absolute Gasteiger partial charge is 0.454 e. The molecule has 6 rings (SSSR count). The van der Waals surface area contributed by atoms with E-state index in [0.29, 0.717) is 24.5 Å². The molecule has 3 fully saturated rings. The van der Waals surface area contributed by atoms with Gasteiger partial charge in [0.1, 0.15) is 12.2 Å². The van der Waals surface area contributed by atoms with Gasteiger partial charge in [-0.3, -0.25) is 9.36 Å². The van der Waals surface area contributed by atoms with Crippen molar-refractivity contribution in [2.45, 2.75) is 75.7 Å². The van der Waals surface area contributed by atoms with Gasteiger partial charge in [-0.2, -0.15) is 5.06 Å². The molecule has 5 atom stereocenters. The summed E-state index contributed by atoms with van der Waals surface area (Å²) in [4.78, 5) is 39.6. The first kappa shape index (κ1) is 31.3. The van der Waals surface area contributed by atoms with Crippen LogP contribution in [0.1, 0.15) is 43.2 Å². The third-order valence-corrected chi connectivity index (χ3v) is 8.89. The number of alkyl carbamates (subject to hydrolysis) is 1. The van der Waals surface area contributed by atoms with Gasteiger partial charge in [-0.25, -0.2) is 9.36 Å². The van der Waals surface area contributed by atoms with E-state index in [1.54, 1.807) is 5.06 Å². The molecule has 0 aromatic heterocycles. The molecule has 2 saturated heterocycles. The molecule has 0 spiro atoms. The number of carbonyl (C=O) groups excluding carboxylic acids is 1. The summed E-state index contributed by atoms with van der Waals surface area (Å²) in [6, 6.07) is 14.0. The van der Waals surface area contributed by atoms with Crippen molar-refractivity contribution in [3.63, 3.8) is 0 Å². The van der Waals surface area contributed by atoms with Crippen LogP contribution in [0.5, 0.6) is 11.5 Å². The molecule has 0 radical (unpaired) electrons. The second-order valence-electron chi connectivity index (χ2n) is 11.6. The van der Waals surface area contributed by atoms with Crippen LogP contribution in [0.4, 0.5) is 4.79 Å². The van der Waals surface area contributed by atoms with Crippen LogP contribution < -0.4 is 14.8 Å². The van der Waals surface area contributed by atoms with Crippen molar-refractivity contribution in [2.24, 2.45) is 5.92 Å². The van der Waals surface area contributed by atoms with Crippen LogP contribution >= 0.6 is 7.82 Å². The zero-order valence-corrected chi connectivity index (χ0v) is 25.2. The first-order valence-corrected chi connectivity index (χ1v) is 16.6. The first-order valence-electron chi connectivity index (χ1n) is 15.1. The zero-order valence-electron chi connectivity index (χ0n) is 24.3. The highest BCUT2D eigenvalue weighted by molar-refractivity contribution is 7.46. The number of amides is 1. The molecule has 4 aliphatic rings. The third-order valence-electron chi connectivity index (χ3n) is 8.35. The molecule has 3 aliphatic heterocycles. The van der Waals surface area contributed by atoms with Gasteiger partial charge in [0.25, 0.3) is 0 Å². The van der Waals surface area contributed by atoms with E-state index >= 15 is 0 Å². The minimum absolute atomic E-state index is 0.0471. The summed E-state index contributed by atoms with van der Waals surface area (Å²) in [5.74, 6) is 1.20. The number of carbonyl (C=O) groups is 1. The highest BCUT2D eigenvalue weighted by Crippen LogP contribution is 2.40. The van der Waals surface area contributed by atoms with Crippen LogP contribution in [-0.2, 0) is 41.1 Å². The molecular formula is C30H39N2O11P. The maximum Gasteiger partial charge on any atom is 0.469 e. The molecule has 5 unspecified atom stereocenters. The molecule has 13 nitrogen and oxygen atoms in total. The molecule has 1 aliphatic carbocycles. The Morgan fingerprint density at radius 2 is 1.82 bits per heavy atom. The van der Waals surface area contributed by atoms with Crippen LogP contribution in [0, 0.1) is 5.92 Å². The lowest BCUT2D eigenvalue weighted by Gasteiger charge is -2.34.